The Morgan fingerprint density at radius 1 is 1.14 bits per heavy atom. The second-order valence-corrected chi connectivity index (χ2v) is 5.81. The van der Waals surface area contributed by atoms with Crippen molar-refractivity contribution in [2.45, 2.75) is 38.1 Å². The van der Waals surface area contributed by atoms with Crippen LogP contribution in [0.25, 0.3) is 0 Å². The molecule has 0 saturated carbocycles. The topological polar surface area (TPSA) is 35.2 Å². The van der Waals surface area contributed by atoms with Crippen LogP contribution in [-0.4, -0.2) is 6.61 Å². The molecule has 2 unspecified atom stereocenters. The monoisotopic (exact) mass is 281 g/mol. The van der Waals surface area contributed by atoms with Crippen molar-refractivity contribution in [2.24, 2.45) is 5.73 Å². The average Bonchev–Trinajstić information content (AvgIpc) is 2.55. The Morgan fingerprint density at radius 3 is 2.67 bits per heavy atom. The van der Waals surface area contributed by atoms with E-state index in [9.17, 15) is 0 Å². The van der Waals surface area contributed by atoms with Gasteiger partial charge in [-0.25, -0.2) is 0 Å². The lowest BCUT2D eigenvalue weighted by Gasteiger charge is -2.28. The molecule has 1 heterocycles. The standard InChI is InChI=1S/C19H23NO/c1-2-14-7-9-15(10-8-14)18(20)13-16-11-12-21-19-6-4-3-5-17(16)19/h3-10,16,18H,2,11-13,20H2,1H3. The third-order valence-corrected chi connectivity index (χ3v) is 4.44. The van der Waals surface area contributed by atoms with Crippen molar-refractivity contribution in [3.05, 3.63) is 65.2 Å². The van der Waals surface area contributed by atoms with E-state index in [1.165, 1.54) is 16.7 Å². The summed E-state index contributed by atoms with van der Waals surface area (Å²) >= 11 is 0. The predicted molar refractivity (Wildman–Crippen MR) is 86.7 cm³/mol. The Kier molecular flexibility index (Phi) is 4.26. The van der Waals surface area contributed by atoms with Gasteiger partial charge in [0.15, 0.2) is 0 Å². The second-order valence-electron chi connectivity index (χ2n) is 5.81. The summed E-state index contributed by atoms with van der Waals surface area (Å²) in [7, 11) is 0. The number of fused-ring (bicyclic) bond motifs is 1. The zero-order chi connectivity index (χ0) is 14.7. The van der Waals surface area contributed by atoms with Crippen molar-refractivity contribution in [3.63, 3.8) is 0 Å². The molecule has 2 heteroatoms. The molecule has 0 spiro atoms. The van der Waals surface area contributed by atoms with Crippen LogP contribution in [0.2, 0.25) is 0 Å². The number of rotatable bonds is 4. The zero-order valence-electron chi connectivity index (χ0n) is 12.6. The van der Waals surface area contributed by atoms with E-state index in [1.807, 2.05) is 6.07 Å². The molecule has 0 aliphatic carbocycles. The minimum atomic E-state index is 0.0899. The Morgan fingerprint density at radius 2 is 1.90 bits per heavy atom. The summed E-state index contributed by atoms with van der Waals surface area (Å²) < 4.78 is 5.73. The van der Waals surface area contributed by atoms with E-state index < -0.39 is 0 Å². The summed E-state index contributed by atoms with van der Waals surface area (Å²) in [5, 5.41) is 0. The Hall–Kier alpha value is -1.80. The summed E-state index contributed by atoms with van der Waals surface area (Å²) in [5.41, 5.74) is 10.3. The molecule has 1 aliphatic rings. The van der Waals surface area contributed by atoms with Crippen LogP contribution in [0.5, 0.6) is 5.75 Å². The molecule has 3 rings (SSSR count). The highest BCUT2D eigenvalue weighted by atomic mass is 16.5. The molecule has 2 N–H and O–H groups in total. The highest BCUT2D eigenvalue weighted by molar-refractivity contribution is 5.38. The fourth-order valence-electron chi connectivity index (χ4n) is 3.10. The molecule has 0 fully saturated rings. The summed E-state index contributed by atoms with van der Waals surface area (Å²) in [4.78, 5) is 0. The number of ether oxygens (including phenoxy) is 1. The van der Waals surface area contributed by atoms with Crippen molar-refractivity contribution < 1.29 is 4.74 Å². The largest absolute Gasteiger partial charge is 0.493 e. The van der Waals surface area contributed by atoms with Crippen LogP contribution in [0.3, 0.4) is 0 Å². The molecule has 110 valence electrons. The van der Waals surface area contributed by atoms with E-state index in [0.29, 0.717) is 5.92 Å². The van der Waals surface area contributed by atoms with Crippen molar-refractivity contribution in [1.82, 2.24) is 0 Å². The maximum absolute atomic E-state index is 6.43. The van der Waals surface area contributed by atoms with E-state index in [2.05, 4.69) is 49.4 Å². The molecule has 0 aromatic heterocycles. The second kappa shape index (κ2) is 6.31. The lowest BCUT2D eigenvalue weighted by Crippen LogP contribution is -2.20. The molecule has 1 aliphatic heterocycles. The molecule has 2 aromatic rings. The van der Waals surface area contributed by atoms with E-state index in [1.54, 1.807) is 0 Å². The van der Waals surface area contributed by atoms with Gasteiger partial charge < -0.3 is 10.5 Å². The van der Waals surface area contributed by atoms with E-state index >= 15 is 0 Å². The van der Waals surface area contributed by atoms with Gasteiger partial charge >= 0.3 is 0 Å². The van der Waals surface area contributed by atoms with Crippen molar-refractivity contribution in [1.29, 1.82) is 0 Å². The fraction of sp³-hybridized carbons (Fsp3) is 0.368. The lowest BCUT2D eigenvalue weighted by molar-refractivity contribution is 0.259. The van der Waals surface area contributed by atoms with Gasteiger partial charge in [0.25, 0.3) is 0 Å². The quantitative estimate of drug-likeness (QED) is 0.911. The third kappa shape index (κ3) is 3.11. The van der Waals surface area contributed by atoms with Crippen LogP contribution in [0.4, 0.5) is 0 Å². The van der Waals surface area contributed by atoms with Crippen LogP contribution >= 0.6 is 0 Å². The first-order valence-corrected chi connectivity index (χ1v) is 7.84. The summed E-state index contributed by atoms with van der Waals surface area (Å²) in [6.45, 7) is 2.97. The number of para-hydroxylation sites is 1. The molecule has 0 bridgehead atoms. The van der Waals surface area contributed by atoms with Crippen molar-refractivity contribution >= 4 is 0 Å². The summed E-state index contributed by atoms with van der Waals surface area (Å²) in [6.07, 6.45) is 3.10. The molecule has 21 heavy (non-hydrogen) atoms. The number of hydrogen-bond donors (Lipinski definition) is 1. The Balaban J connectivity index is 1.74. The van der Waals surface area contributed by atoms with Gasteiger partial charge in [-0.3, -0.25) is 0 Å². The van der Waals surface area contributed by atoms with Crippen molar-refractivity contribution in [3.8, 4) is 5.75 Å². The summed E-state index contributed by atoms with van der Waals surface area (Å²) in [6, 6.07) is 17.2. The van der Waals surface area contributed by atoms with Crippen LogP contribution in [0.1, 0.15) is 48.4 Å². The van der Waals surface area contributed by atoms with Gasteiger partial charge in [-0.2, -0.15) is 0 Å². The first kappa shape index (κ1) is 14.2. The first-order chi connectivity index (χ1) is 10.3. The van der Waals surface area contributed by atoms with Crippen LogP contribution in [0.15, 0.2) is 48.5 Å². The maximum atomic E-state index is 6.43. The minimum absolute atomic E-state index is 0.0899. The molecular weight excluding hydrogens is 258 g/mol. The number of hydrogen-bond acceptors (Lipinski definition) is 2. The van der Waals surface area contributed by atoms with E-state index in [4.69, 9.17) is 10.5 Å². The fourth-order valence-corrected chi connectivity index (χ4v) is 3.10. The highest BCUT2D eigenvalue weighted by Gasteiger charge is 2.23. The zero-order valence-corrected chi connectivity index (χ0v) is 12.6. The number of nitrogens with two attached hydrogens (primary N) is 1. The third-order valence-electron chi connectivity index (χ3n) is 4.44. The average molecular weight is 281 g/mol. The van der Waals surface area contributed by atoms with Gasteiger partial charge in [-0.15, -0.1) is 0 Å². The van der Waals surface area contributed by atoms with Gasteiger partial charge in [0.2, 0.25) is 0 Å². The normalized spacial score (nSPS) is 18.7. The van der Waals surface area contributed by atoms with Gasteiger partial charge in [0.1, 0.15) is 5.75 Å². The van der Waals surface area contributed by atoms with E-state index in [-0.39, 0.29) is 6.04 Å². The van der Waals surface area contributed by atoms with Crippen LogP contribution in [-0.2, 0) is 6.42 Å². The van der Waals surface area contributed by atoms with Crippen LogP contribution < -0.4 is 10.5 Å². The van der Waals surface area contributed by atoms with Crippen LogP contribution in [0, 0.1) is 0 Å². The van der Waals surface area contributed by atoms with Gasteiger partial charge in [0.05, 0.1) is 6.61 Å². The minimum Gasteiger partial charge on any atom is -0.493 e. The Labute approximate surface area is 126 Å². The van der Waals surface area contributed by atoms with Gasteiger partial charge in [-0.1, -0.05) is 49.4 Å². The molecule has 2 aromatic carbocycles. The van der Waals surface area contributed by atoms with Gasteiger partial charge in [0, 0.05) is 6.04 Å². The molecule has 2 atom stereocenters. The predicted octanol–water partition coefficient (Wildman–Crippen LogP) is 4.21. The number of aryl methyl sites for hydroxylation is 1. The molecular formula is C19H23NO. The molecule has 0 saturated heterocycles. The Bertz CT molecular complexity index is 591. The summed E-state index contributed by atoms with van der Waals surface area (Å²) in [5.74, 6) is 1.53. The molecule has 0 amide bonds. The highest BCUT2D eigenvalue weighted by Crippen LogP contribution is 2.38. The lowest BCUT2D eigenvalue weighted by atomic mass is 9.86. The van der Waals surface area contributed by atoms with E-state index in [0.717, 1.165) is 31.6 Å². The van der Waals surface area contributed by atoms with Gasteiger partial charge in [-0.05, 0) is 47.9 Å². The molecule has 2 nitrogen and oxygen atoms in total. The maximum Gasteiger partial charge on any atom is 0.122 e. The van der Waals surface area contributed by atoms with Crippen molar-refractivity contribution in [2.75, 3.05) is 6.61 Å². The molecule has 0 radical (unpaired) electrons. The smallest absolute Gasteiger partial charge is 0.122 e. The first-order valence-electron chi connectivity index (χ1n) is 7.84. The number of benzene rings is 2. The SMILES string of the molecule is CCc1ccc(C(N)CC2CCOc3ccccc32)cc1.